The van der Waals surface area contributed by atoms with E-state index < -0.39 is 24.4 Å². The van der Waals surface area contributed by atoms with Crippen molar-refractivity contribution in [3.8, 4) is 0 Å². The van der Waals surface area contributed by atoms with Gasteiger partial charge in [-0.1, -0.05) is 30.3 Å². The summed E-state index contributed by atoms with van der Waals surface area (Å²) in [5.74, 6) is -0.498. The summed E-state index contributed by atoms with van der Waals surface area (Å²) >= 11 is 0. The number of alkyl halides is 3. The molecular weight excluding hydrogens is 231 g/mol. The zero-order valence-corrected chi connectivity index (χ0v) is 9.66. The van der Waals surface area contributed by atoms with Gasteiger partial charge in [0.15, 0.2) is 5.78 Å². The van der Waals surface area contributed by atoms with Gasteiger partial charge in [-0.2, -0.15) is 13.2 Å². The predicted octanol–water partition coefficient (Wildman–Crippen LogP) is 2.75. The number of carbonyl (C=O) groups is 1. The molecule has 0 fully saturated rings. The number of carbonyl (C=O) groups excluding carboxylic acids is 1. The Bertz CT molecular complexity index is 373. The summed E-state index contributed by atoms with van der Waals surface area (Å²) in [6.07, 6.45) is -4.95. The Kier molecular flexibility index (Phi) is 4.28. The van der Waals surface area contributed by atoms with Crippen molar-refractivity contribution in [2.75, 3.05) is 14.1 Å². The molecule has 0 aliphatic carbocycles. The highest BCUT2D eigenvalue weighted by Gasteiger charge is 2.42. The first-order valence-electron chi connectivity index (χ1n) is 5.13. The lowest BCUT2D eigenvalue weighted by atomic mass is 10.0. The molecule has 0 N–H and O–H groups in total. The van der Waals surface area contributed by atoms with Crippen LogP contribution in [-0.4, -0.2) is 37.0 Å². The fourth-order valence-corrected chi connectivity index (χ4v) is 1.51. The van der Waals surface area contributed by atoms with Gasteiger partial charge in [0, 0.05) is 12.0 Å². The summed E-state index contributed by atoms with van der Waals surface area (Å²) in [5, 5.41) is 0. The molecule has 0 saturated carbocycles. The van der Waals surface area contributed by atoms with E-state index in [0.29, 0.717) is 5.56 Å². The van der Waals surface area contributed by atoms with Crippen LogP contribution in [0.5, 0.6) is 0 Å². The number of hydrogen-bond acceptors (Lipinski definition) is 2. The lowest BCUT2D eigenvalue weighted by molar-refractivity contribution is -0.176. The van der Waals surface area contributed by atoms with Crippen molar-refractivity contribution >= 4 is 5.78 Å². The Hall–Kier alpha value is -1.36. The maximum Gasteiger partial charge on any atom is 0.404 e. The van der Waals surface area contributed by atoms with Gasteiger partial charge >= 0.3 is 6.18 Å². The molecule has 0 spiro atoms. The van der Waals surface area contributed by atoms with E-state index in [9.17, 15) is 18.0 Å². The Balaban J connectivity index is 2.79. The normalized spacial score (nSPS) is 13.8. The number of hydrogen-bond donors (Lipinski definition) is 0. The molecule has 1 unspecified atom stereocenters. The molecule has 1 rings (SSSR count). The minimum atomic E-state index is -4.39. The zero-order valence-electron chi connectivity index (χ0n) is 9.66. The van der Waals surface area contributed by atoms with E-state index in [-0.39, 0.29) is 0 Å². The first-order chi connectivity index (χ1) is 7.82. The molecule has 1 aromatic carbocycles. The van der Waals surface area contributed by atoms with E-state index in [2.05, 4.69) is 0 Å². The lowest BCUT2D eigenvalue weighted by Gasteiger charge is -2.25. The topological polar surface area (TPSA) is 20.3 Å². The van der Waals surface area contributed by atoms with Crippen LogP contribution >= 0.6 is 0 Å². The Morgan fingerprint density at radius 1 is 1.24 bits per heavy atom. The second-order valence-corrected chi connectivity index (χ2v) is 4.01. The van der Waals surface area contributed by atoms with Gasteiger partial charge in [0.05, 0.1) is 0 Å². The van der Waals surface area contributed by atoms with E-state index in [1.807, 2.05) is 0 Å². The van der Waals surface area contributed by atoms with E-state index in [0.717, 1.165) is 4.90 Å². The van der Waals surface area contributed by atoms with Gasteiger partial charge in [0.25, 0.3) is 0 Å². The van der Waals surface area contributed by atoms with E-state index in [1.54, 1.807) is 18.2 Å². The first-order valence-corrected chi connectivity index (χ1v) is 5.13. The number of nitrogens with zero attached hydrogens (tertiary/aromatic N) is 1. The third kappa shape index (κ3) is 3.85. The summed E-state index contributed by atoms with van der Waals surface area (Å²) in [4.78, 5) is 12.7. The van der Waals surface area contributed by atoms with Gasteiger partial charge < -0.3 is 0 Å². The summed E-state index contributed by atoms with van der Waals surface area (Å²) in [5.41, 5.74) is 0.309. The third-order valence-corrected chi connectivity index (χ3v) is 2.48. The molecule has 1 atom stereocenters. The van der Waals surface area contributed by atoms with Crippen LogP contribution in [0.15, 0.2) is 30.3 Å². The highest BCUT2D eigenvalue weighted by atomic mass is 19.4. The van der Waals surface area contributed by atoms with Crippen molar-refractivity contribution in [1.82, 2.24) is 4.90 Å². The Morgan fingerprint density at radius 3 is 2.18 bits per heavy atom. The number of rotatable bonds is 4. The van der Waals surface area contributed by atoms with Crippen LogP contribution in [0.1, 0.15) is 16.8 Å². The van der Waals surface area contributed by atoms with Gasteiger partial charge in [-0.25, -0.2) is 0 Å². The second kappa shape index (κ2) is 5.31. The highest BCUT2D eigenvalue weighted by Crippen LogP contribution is 2.26. The minimum absolute atomic E-state index is 0.309. The molecule has 0 saturated heterocycles. The van der Waals surface area contributed by atoms with Crippen LogP contribution in [0, 0.1) is 0 Å². The minimum Gasteiger partial charge on any atom is -0.298 e. The van der Waals surface area contributed by atoms with E-state index in [1.165, 1.54) is 26.2 Å². The summed E-state index contributed by atoms with van der Waals surface area (Å²) in [6.45, 7) is 0. The molecule has 5 heteroatoms. The number of benzene rings is 1. The highest BCUT2D eigenvalue weighted by molar-refractivity contribution is 5.96. The van der Waals surface area contributed by atoms with Crippen molar-refractivity contribution < 1.29 is 18.0 Å². The van der Waals surface area contributed by atoms with E-state index in [4.69, 9.17) is 0 Å². The van der Waals surface area contributed by atoms with Gasteiger partial charge in [-0.3, -0.25) is 9.69 Å². The largest absolute Gasteiger partial charge is 0.404 e. The van der Waals surface area contributed by atoms with Gasteiger partial charge in [0.2, 0.25) is 0 Å². The smallest absolute Gasteiger partial charge is 0.298 e. The molecule has 1 aromatic rings. The maximum atomic E-state index is 12.7. The zero-order chi connectivity index (χ0) is 13.1. The summed E-state index contributed by atoms with van der Waals surface area (Å²) in [7, 11) is 2.63. The molecule has 0 aliphatic rings. The number of ketones is 1. The predicted molar refractivity (Wildman–Crippen MR) is 58.9 cm³/mol. The van der Waals surface area contributed by atoms with Crippen molar-refractivity contribution in [3.63, 3.8) is 0 Å². The fraction of sp³-hybridized carbons (Fsp3) is 0.417. The quantitative estimate of drug-likeness (QED) is 0.760. The monoisotopic (exact) mass is 245 g/mol. The lowest BCUT2D eigenvalue weighted by Crippen LogP contribution is -2.42. The van der Waals surface area contributed by atoms with Crippen LogP contribution in [0.2, 0.25) is 0 Å². The summed E-state index contributed by atoms with van der Waals surface area (Å²) < 4.78 is 38.0. The van der Waals surface area contributed by atoms with Crippen molar-refractivity contribution in [2.24, 2.45) is 0 Å². The Morgan fingerprint density at radius 2 is 1.76 bits per heavy atom. The SMILES string of the molecule is CN(C)C(CC(=O)c1ccccc1)C(F)(F)F. The number of halogens is 3. The van der Waals surface area contributed by atoms with Gasteiger partial charge in [-0.15, -0.1) is 0 Å². The van der Waals surface area contributed by atoms with Crippen molar-refractivity contribution in [3.05, 3.63) is 35.9 Å². The first kappa shape index (κ1) is 13.7. The average molecular weight is 245 g/mol. The summed E-state index contributed by atoms with van der Waals surface area (Å²) in [6, 6.07) is 6.27. The van der Waals surface area contributed by atoms with Crippen molar-refractivity contribution in [1.29, 1.82) is 0 Å². The van der Waals surface area contributed by atoms with Gasteiger partial charge in [0.1, 0.15) is 6.04 Å². The van der Waals surface area contributed by atoms with E-state index >= 15 is 0 Å². The van der Waals surface area contributed by atoms with Crippen LogP contribution < -0.4 is 0 Å². The second-order valence-electron chi connectivity index (χ2n) is 4.01. The molecular formula is C12H14F3NO. The van der Waals surface area contributed by atoms with Crippen LogP contribution in [0.4, 0.5) is 13.2 Å². The van der Waals surface area contributed by atoms with Crippen LogP contribution in [0.25, 0.3) is 0 Å². The molecule has 0 aromatic heterocycles. The van der Waals surface area contributed by atoms with Crippen LogP contribution in [0.3, 0.4) is 0 Å². The molecule has 0 aliphatic heterocycles. The Labute approximate surface area is 98.0 Å². The molecule has 2 nitrogen and oxygen atoms in total. The molecule has 0 radical (unpaired) electrons. The third-order valence-electron chi connectivity index (χ3n) is 2.48. The standard InChI is InChI=1S/C12H14F3NO/c1-16(2)11(12(13,14)15)8-10(17)9-6-4-3-5-7-9/h3-7,11H,8H2,1-2H3. The molecule has 0 amide bonds. The van der Waals surface area contributed by atoms with Gasteiger partial charge in [-0.05, 0) is 14.1 Å². The molecule has 17 heavy (non-hydrogen) atoms. The fourth-order valence-electron chi connectivity index (χ4n) is 1.51. The van der Waals surface area contributed by atoms with Crippen LogP contribution in [-0.2, 0) is 0 Å². The molecule has 94 valence electrons. The van der Waals surface area contributed by atoms with Crippen molar-refractivity contribution in [2.45, 2.75) is 18.6 Å². The molecule has 0 heterocycles. The molecule has 0 bridgehead atoms. The number of Topliss-reactive ketones (excluding diaryl/α,β-unsaturated/α-hetero) is 1. The maximum absolute atomic E-state index is 12.7. The average Bonchev–Trinajstić information content (AvgIpc) is 2.24.